The molecule has 0 aromatic heterocycles. The molecule has 0 fully saturated rings. The van der Waals surface area contributed by atoms with Crippen LogP contribution in [-0.2, 0) is 11.2 Å². The van der Waals surface area contributed by atoms with Gasteiger partial charge in [-0.2, -0.15) is 0 Å². The number of amides is 1. The first-order valence-electron chi connectivity index (χ1n) is 5.07. The minimum absolute atomic E-state index is 0.195. The molecular weight excluding hydrogens is 222 g/mol. The third kappa shape index (κ3) is 3.03. The summed E-state index contributed by atoms with van der Waals surface area (Å²) in [5, 5.41) is 3.59. The molecule has 0 saturated heterocycles. The lowest BCUT2D eigenvalue weighted by molar-refractivity contribution is -0.120. The van der Waals surface area contributed by atoms with E-state index in [0.29, 0.717) is 17.2 Å². The van der Waals surface area contributed by atoms with Crippen molar-refractivity contribution in [3.63, 3.8) is 0 Å². The van der Waals surface area contributed by atoms with E-state index in [0.717, 1.165) is 5.56 Å². The van der Waals surface area contributed by atoms with E-state index in [2.05, 4.69) is 5.32 Å². The van der Waals surface area contributed by atoms with Gasteiger partial charge in [-0.3, -0.25) is 10.1 Å². The van der Waals surface area contributed by atoms with Crippen LogP contribution in [0.2, 0.25) is 0 Å². The highest BCUT2D eigenvalue weighted by molar-refractivity contribution is 5.78. The molecule has 5 nitrogen and oxygen atoms in total. The van der Waals surface area contributed by atoms with Crippen molar-refractivity contribution in [2.75, 3.05) is 28.4 Å². The maximum atomic E-state index is 11.3. The number of rotatable bonds is 5. The number of likely N-dealkylation sites (N-methyl/N-ethyl adjacent to an activating group) is 1. The molecule has 0 aliphatic carbocycles. The van der Waals surface area contributed by atoms with Crippen molar-refractivity contribution in [3.8, 4) is 17.2 Å². The van der Waals surface area contributed by atoms with Gasteiger partial charge in [0.25, 0.3) is 0 Å². The molecule has 93 valence electrons. The number of nitrogens with zero attached hydrogens (tertiary/aromatic N) is 1. The van der Waals surface area contributed by atoms with Gasteiger partial charge in [0.15, 0.2) is 11.5 Å². The van der Waals surface area contributed by atoms with Crippen LogP contribution < -0.4 is 19.5 Å². The summed E-state index contributed by atoms with van der Waals surface area (Å²) in [6.45, 7) is 0. The van der Waals surface area contributed by atoms with Crippen LogP contribution in [0.1, 0.15) is 5.56 Å². The number of carbonyl (C=O) groups is 1. The first kappa shape index (κ1) is 13.2. The summed E-state index contributed by atoms with van der Waals surface area (Å²) in [6.07, 6.45) is 0.215. The Morgan fingerprint density at radius 3 is 2.00 bits per heavy atom. The molecule has 1 amide bonds. The Balaban J connectivity index is 3.13. The van der Waals surface area contributed by atoms with Crippen LogP contribution in [0.4, 0.5) is 0 Å². The Morgan fingerprint density at radius 2 is 1.65 bits per heavy atom. The smallest absolute Gasteiger partial charge is 0.245 e. The molecule has 1 radical (unpaired) electrons. The standard InChI is InChI=1S/C12H16NO4/c1-13-11(14)7-8-5-9(15-2)12(17-4)10(6-8)16-3/h5-6H,7H2,1-4H3. The molecule has 0 N–H and O–H groups in total. The molecule has 1 aromatic rings. The third-order valence-corrected chi connectivity index (χ3v) is 2.33. The molecule has 0 saturated carbocycles. The van der Waals surface area contributed by atoms with E-state index in [1.807, 2.05) is 0 Å². The topological polar surface area (TPSA) is 58.9 Å². The predicted molar refractivity (Wildman–Crippen MR) is 62.9 cm³/mol. The van der Waals surface area contributed by atoms with Gasteiger partial charge in [0.1, 0.15) is 0 Å². The zero-order chi connectivity index (χ0) is 12.8. The SMILES string of the molecule is C[N]C(=O)Cc1cc(OC)c(OC)c(OC)c1. The molecule has 0 aliphatic rings. The van der Waals surface area contributed by atoms with Gasteiger partial charge < -0.3 is 14.2 Å². The Hall–Kier alpha value is -1.91. The summed E-state index contributed by atoms with van der Waals surface area (Å²) < 4.78 is 15.6. The predicted octanol–water partition coefficient (Wildman–Crippen LogP) is 1.02. The summed E-state index contributed by atoms with van der Waals surface area (Å²) in [7, 11) is 6.08. The van der Waals surface area contributed by atoms with Crippen LogP contribution in [0.5, 0.6) is 17.2 Å². The van der Waals surface area contributed by atoms with Crippen molar-refractivity contribution in [3.05, 3.63) is 17.7 Å². The Kier molecular flexibility index (Phi) is 4.63. The maximum absolute atomic E-state index is 11.3. The minimum atomic E-state index is -0.195. The fourth-order valence-electron chi connectivity index (χ4n) is 1.49. The second kappa shape index (κ2) is 5.98. The molecule has 0 heterocycles. The highest BCUT2D eigenvalue weighted by Gasteiger charge is 2.14. The van der Waals surface area contributed by atoms with Crippen molar-refractivity contribution in [1.82, 2.24) is 5.32 Å². The van der Waals surface area contributed by atoms with Gasteiger partial charge in [-0.1, -0.05) is 0 Å². The van der Waals surface area contributed by atoms with E-state index in [9.17, 15) is 4.79 Å². The molecular formula is C12H16NO4. The lowest BCUT2D eigenvalue weighted by atomic mass is 10.1. The van der Waals surface area contributed by atoms with E-state index in [1.54, 1.807) is 12.1 Å². The second-order valence-corrected chi connectivity index (χ2v) is 3.33. The summed E-state index contributed by atoms with van der Waals surface area (Å²) in [5.41, 5.74) is 0.773. The highest BCUT2D eigenvalue weighted by atomic mass is 16.5. The van der Waals surface area contributed by atoms with E-state index < -0.39 is 0 Å². The van der Waals surface area contributed by atoms with E-state index >= 15 is 0 Å². The molecule has 0 unspecified atom stereocenters. The third-order valence-electron chi connectivity index (χ3n) is 2.33. The highest BCUT2D eigenvalue weighted by Crippen LogP contribution is 2.38. The number of ether oxygens (including phenoxy) is 3. The summed E-state index contributed by atoms with van der Waals surface area (Å²) >= 11 is 0. The quantitative estimate of drug-likeness (QED) is 0.768. The van der Waals surface area contributed by atoms with E-state index in [-0.39, 0.29) is 12.3 Å². The molecule has 0 atom stereocenters. The summed E-state index contributed by atoms with van der Waals surface area (Å²) in [4.78, 5) is 11.3. The number of carbonyl (C=O) groups excluding carboxylic acids is 1. The maximum Gasteiger partial charge on any atom is 0.245 e. The fourth-order valence-corrected chi connectivity index (χ4v) is 1.49. The molecule has 0 bridgehead atoms. The largest absolute Gasteiger partial charge is 0.493 e. The average Bonchev–Trinajstić information content (AvgIpc) is 2.37. The number of benzene rings is 1. The molecule has 0 aliphatic heterocycles. The van der Waals surface area contributed by atoms with E-state index in [1.165, 1.54) is 28.4 Å². The van der Waals surface area contributed by atoms with Gasteiger partial charge in [-0.15, -0.1) is 0 Å². The van der Waals surface area contributed by atoms with Gasteiger partial charge in [-0.25, -0.2) is 0 Å². The van der Waals surface area contributed by atoms with Crippen LogP contribution in [-0.4, -0.2) is 34.3 Å². The van der Waals surface area contributed by atoms with Crippen LogP contribution >= 0.6 is 0 Å². The van der Waals surface area contributed by atoms with Gasteiger partial charge in [0.2, 0.25) is 11.7 Å². The Labute approximate surface area is 101 Å². The average molecular weight is 238 g/mol. The Bertz CT molecular complexity index is 378. The van der Waals surface area contributed by atoms with Crippen molar-refractivity contribution < 1.29 is 19.0 Å². The van der Waals surface area contributed by atoms with Crippen LogP contribution in [0.3, 0.4) is 0 Å². The lowest BCUT2D eigenvalue weighted by Gasteiger charge is -2.13. The summed E-state index contributed by atoms with van der Waals surface area (Å²) in [6, 6.07) is 3.48. The fraction of sp³-hybridized carbons (Fsp3) is 0.417. The van der Waals surface area contributed by atoms with Crippen molar-refractivity contribution in [2.45, 2.75) is 6.42 Å². The number of hydrogen-bond acceptors (Lipinski definition) is 4. The summed E-state index contributed by atoms with van der Waals surface area (Å²) in [5.74, 6) is 1.38. The molecule has 5 heteroatoms. The van der Waals surface area contributed by atoms with Gasteiger partial charge in [0.05, 0.1) is 27.8 Å². The molecule has 0 spiro atoms. The minimum Gasteiger partial charge on any atom is -0.493 e. The zero-order valence-electron chi connectivity index (χ0n) is 10.4. The van der Waals surface area contributed by atoms with Crippen molar-refractivity contribution in [1.29, 1.82) is 0 Å². The van der Waals surface area contributed by atoms with Crippen LogP contribution in [0, 0.1) is 0 Å². The normalized spacial score (nSPS) is 9.65. The first-order chi connectivity index (χ1) is 8.15. The van der Waals surface area contributed by atoms with E-state index in [4.69, 9.17) is 14.2 Å². The van der Waals surface area contributed by atoms with Crippen molar-refractivity contribution >= 4 is 5.91 Å². The monoisotopic (exact) mass is 238 g/mol. The van der Waals surface area contributed by atoms with Crippen LogP contribution in [0.25, 0.3) is 0 Å². The lowest BCUT2D eigenvalue weighted by Crippen LogP contribution is -2.13. The van der Waals surface area contributed by atoms with Gasteiger partial charge in [-0.05, 0) is 17.7 Å². The Morgan fingerprint density at radius 1 is 1.12 bits per heavy atom. The molecule has 1 rings (SSSR count). The zero-order valence-corrected chi connectivity index (χ0v) is 10.4. The van der Waals surface area contributed by atoms with Gasteiger partial charge >= 0.3 is 0 Å². The van der Waals surface area contributed by atoms with Crippen LogP contribution in [0.15, 0.2) is 12.1 Å². The number of methoxy groups -OCH3 is 3. The first-order valence-corrected chi connectivity index (χ1v) is 5.07. The number of hydrogen-bond donors (Lipinski definition) is 0. The molecule has 1 aromatic carbocycles. The van der Waals surface area contributed by atoms with Gasteiger partial charge in [0, 0.05) is 7.05 Å². The second-order valence-electron chi connectivity index (χ2n) is 3.33. The molecule has 17 heavy (non-hydrogen) atoms. The van der Waals surface area contributed by atoms with Crippen molar-refractivity contribution in [2.24, 2.45) is 0 Å².